The normalized spacial score (nSPS) is 28.6. The number of rotatable bonds is 2. The van der Waals surface area contributed by atoms with E-state index >= 15 is 0 Å². The zero-order valence-corrected chi connectivity index (χ0v) is 11.4. The first-order valence-electron chi connectivity index (χ1n) is 6.66. The molecular weight excluding hydrogens is 273 g/mol. The van der Waals surface area contributed by atoms with E-state index in [0.717, 1.165) is 42.1 Å². The van der Waals surface area contributed by atoms with E-state index in [0.29, 0.717) is 18.6 Å². The number of nitrogens with one attached hydrogen (secondary N) is 1. The average molecular weight is 290 g/mol. The minimum absolute atomic E-state index is 0.484. The second-order valence-corrected chi connectivity index (χ2v) is 6.48. The minimum Gasteiger partial charge on any atom is -0.315 e. The highest BCUT2D eigenvalue weighted by atomic mass is 32.1. The fourth-order valence-corrected chi connectivity index (χ4v) is 4.02. The maximum atomic E-state index is 12.6. The highest BCUT2D eigenvalue weighted by molar-refractivity contribution is 7.12. The van der Waals surface area contributed by atoms with Crippen LogP contribution in [0.4, 0.5) is 13.2 Å². The topological polar surface area (TPSA) is 15.3 Å². The number of hydrogen-bond donors (Lipinski definition) is 1. The van der Waals surface area contributed by atoms with Gasteiger partial charge in [0.1, 0.15) is 4.88 Å². The predicted molar refractivity (Wildman–Crippen MR) is 69.2 cm³/mol. The Kier molecular flexibility index (Phi) is 3.57. The summed E-state index contributed by atoms with van der Waals surface area (Å²) in [7, 11) is 0. The second kappa shape index (κ2) is 5.07. The third-order valence-electron chi connectivity index (χ3n) is 4.08. The van der Waals surface area contributed by atoms with Gasteiger partial charge in [-0.3, -0.25) is 4.90 Å². The summed E-state index contributed by atoms with van der Waals surface area (Å²) in [4.78, 5) is 2.74. The van der Waals surface area contributed by atoms with E-state index in [4.69, 9.17) is 0 Å². The summed E-state index contributed by atoms with van der Waals surface area (Å²) in [6, 6.07) is 3.86. The Balaban J connectivity index is 1.72. The molecule has 2 aliphatic rings. The number of nitrogens with zero attached hydrogens (tertiary/aromatic N) is 1. The molecule has 2 atom stereocenters. The van der Waals surface area contributed by atoms with Crippen molar-refractivity contribution in [3.05, 3.63) is 21.9 Å². The van der Waals surface area contributed by atoms with Crippen LogP contribution in [-0.2, 0) is 12.7 Å². The fraction of sp³-hybridized carbons (Fsp3) is 0.692. The van der Waals surface area contributed by atoms with E-state index in [1.165, 1.54) is 12.5 Å². The molecule has 106 valence electrons. The molecule has 2 bridgehead atoms. The Morgan fingerprint density at radius 3 is 2.74 bits per heavy atom. The van der Waals surface area contributed by atoms with Gasteiger partial charge in [-0.05, 0) is 37.9 Å². The lowest BCUT2D eigenvalue weighted by molar-refractivity contribution is -0.134. The number of hydrogen-bond acceptors (Lipinski definition) is 3. The molecule has 2 nitrogen and oxygen atoms in total. The Bertz CT molecular complexity index is 429. The van der Waals surface area contributed by atoms with Crippen LogP contribution < -0.4 is 5.32 Å². The van der Waals surface area contributed by atoms with Gasteiger partial charge in [0.05, 0.1) is 0 Å². The van der Waals surface area contributed by atoms with Crippen molar-refractivity contribution in [1.29, 1.82) is 0 Å². The van der Waals surface area contributed by atoms with E-state index in [2.05, 4.69) is 10.2 Å². The molecule has 19 heavy (non-hydrogen) atoms. The third-order valence-corrected chi connectivity index (χ3v) is 5.20. The predicted octanol–water partition coefficient (Wildman–Crippen LogP) is 3.09. The van der Waals surface area contributed by atoms with Gasteiger partial charge in [-0.25, -0.2) is 0 Å². The molecule has 1 N–H and O–H groups in total. The van der Waals surface area contributed by atoms with Crippen molar-refractivity contribution < 1.29 is 13.2 Å². The molecule has 2 unspecified atom stereocenters. The van der Waals surface area contributed by atoms with Gasteiger partial charge in [0.25, 0.3) is 0 Å². The van der Waals surface area contributed by atoms with Crippen molar-refractivity contribution in [1.82, 2.24) is 10.2 Å². The molecule has 2 aliphatic heterocycles. The molecule has 0 aromatic carbocycles. The van der Waals surface area contributed by atoms with Crippen LogP contribution in [0.2, 0.25) is 0 Å². The molecule has 6 heteroatoms. The lowest BCUT2D eigenvalue weighted by Crippen LogP contribution is -2.37. The molecular formula is C13H17F3N2S. The van der Waals surface area contributed by atoms with Crippen molar-refractivity contribution >= 4 is 11.3 Å². The van der Waals surface area contributed by atoms with Crippen molar-refractivity contribution in [2.45, 2.75) is 44.1 Å². The number of alkyl halides is 3. The molecule has 0 saturated carbocycles. The quantitative estimate of drug-likeness (QED) is 0.900. The summed E-state index contributed by atoms with van der Waals surface area (Å²) in [5.74, 6) is 0. The molecule has 3 heterocycles. The number of fused-ring (bicyclic) bond motifs is 2. The van der Waals surface area contributed by atoms with Crippen LogP contribution in [0.5, 0.6) is 0 Å². The second-order valence-electron chi connectivity index (χ2n) is 5.31. The first-order valence-corrected chi connectivity index (χ1v) is 7.48. The van der Waals surface area contributed by atoms with Crippen LogP contribution in [0, 0.1) is 0 Å². The van der Waals surface area contributed by atoms with Crippen molar-refractivity contribution in [2.75, 3.05) is 13.1 Å². The maximum Gasteiger partial charge on any atom is 0.425 e. The summed E-state index contributed by atoms with van der Waals surface area (Å²) < 4.78 is 37.8. The fourth-order valence-electron chi connectivity index (χ4n) is 3.13. The van der Waals surface area contributed by atoms with Gasteiger partial charge in [-0.2, -0.15) is 13.2 Å². The molecule has 0 amide bonds. The Labute approximate surface area is 114 Å². The molecule has 3 rings (SSSR count). The van der Waals surface area contributed by atoms with Crippen molar-refractivity contribution in [3.8, 4) is 0 Å². The monoisotopic (exact) mass is 290 g/mol. The Hall–Kier alpha value is -0.590. The summed E-state index contributed by atoms with van der Waals surface area (Å²) in [6.45, 7) is 2.65. The smallest absolute Gasteiger partial charge is 0.315 e. The molecule has 0 aliphatic carbocycles. The van der Waals surface area contributed by atoms with E-state index in [1.807, 2.05) is 0 Å². The number of halogens is 3. The van der Waals surface area contributed by atoms with E-state index in [9.17, 15) is 13.2 Å². The maximum absolute atomic E-state index is 12.6. The van der Waals surface area contributed by atoms with Crippen molar-refractivity contribution in [3.63, 3.8) is 0 Å². The van der Waals surface area contributed by atoms with Gasteiger partial charge in [0.2, 0.25) is 0 Å². The minimum atomic E-state index is -4.21. The standard InChI is InChI=1S/C13H17F3N2S/c14-13(15,16)12-4-3-11(19-12)8-18-9-1-2-10(18)7-17-6-5-9/h3-4,9-10,17H,1-2,5-8H2. The molecule has 1 aromatic heterocycles. The summed E-state index contributed by atoms with van der Waals surface area (Å²) in [5, 5.41) is 3.41. The molecule has 1 aromatic rings. The SMILES string of the molecule is FC(F)(F)c1ccc(CN2C3CCNCC2CC3)s1. The van der Waals surface area contributed by atoms with Crippen LogP contribution in [0.15, 0.2) is 12.1 Å². The van der Waals surface area contributed by atoms with Gasteiger partial charge in [0, 0.05) is 30.1 Å². The highest BCUT2D eigenvalue weighted by Crippen LogP contribution is 2.36. The lowest BCUT2D eigenvalue weighted by Gasteiger charge is -2.26. The molecule has 0 radical (unpaired) electrons. The van der Waals surface area contributed by atoms with Gasteiger partial charge in [-0.1, -0.05) is 0 Å². The van der Waals surface area contributed by atoms with E-state index in [-0.39, 0.29) is 0 Å². The lowest BCUT2D eigenvalue weighted by atomic mass is 10.1. The molecule has 2 fully saturated rings. The van der Waals surface area contributed by atoms with Crippen LogP contribution in [0.25, 0.3) is 0 Å². The van der Waals surface area contributed by atoms with Crippen LogP contribution in [-0.4, -0.2) is 30.1 Å². The average Bonchev–Trinajstić information content (AvgIpc) is 2.84. The summed E-state index contributed by atoms with van der Waals surface area (Å²) in [6.07, 6.45) is -0.755. The Morgan fingerprint density at radius 1 is 1.21 bits per heavy atom. The van der Waals surface area contributed by atoms with Crippen LogP contribution in [0.1, 0.15) is 29.0 Å². The van der Waals surface area contributed by atoms with Gasteiger partial charge in [0.15, 0.2) is 0 Å². The largest absolute Gasteiger partial charge is 0.425 e. The van der Waals surface area contributed by atoms with Gasteiger partial charge in [-0.15, -0.1) is 11.3 Å². The highest BCUT2D eigenvalue weighted by Gasteiger charge is 2.36. The zero-order chi connectivity index (χ0) is 13.5. The van der Waals surface area contributed by atoms with E-state index in [1.54, 1.807) is 6.07 Å². The molecule has 0 spiro atoms. The summed E-state index contributed by atoms with van der Waals surface area (Å²) in [5.41, 5.74) is 0. The van der Waals surface area contributed by atoms with Crippen LogP contribution in [0.3, 0.4) is 0 Å². The van der Waals surface area contributed by atoms with Gasteiger partial charge >= 0.3 is 6.18 Å². The van der Waals surface area contributed by atoms with Crippen molar-refractivity contribution in [2.24, 2.45) is 0 Å². The van der Waals surface area contributed by atoms with Gasteiger partial charge < -0.3 is 5.32 Å². The van der Waals surface area contributed by atoms with E-state index < -0.39 is 11.1 Å². The Morgan fingerprint density at radius 2 is 2.00 bits per heavy atom. The first-order chi connectivity index (χ1) is 9.04. The number of thiophene rings is 1. The summed E-state index contributed by atoms with van der Waals surface area (Å²) >= 11 is 0.885. The van der Waals surface area contributed by atoms with Crippen LogP contribution >= 0.6 is 11.3 Å². The first kappa shape index (κ1) is 13.4. The molecule has 2 saturated heterocycles. The third kappa shape index (κ3) is 2.80. The zero-order valence-electron chi connectivity index (χ0n) is 10.5.